The summed E-state index contributed by atoms with van der Waals surface area (Å²) in [6.45, 7) is 7.23. The van der Waals surface area contributed by atoms with E-state index in [1.807, 2.05) is 63.2 Å². The molecule has 0 radical (unpaired) electrons. The van der Waals surface area contributed by atoms with Gasteiger partial charge in [-0.05, 0) is 80.1 Å². The highest BCUT2D eigenvalue weighted by atomic mass is 35.5. The zero-order valence-corrected chi connectivity index (χ0v) is 20.5. The summed E-state index contributed by atoms with van der Waals surface area (Å²) in [5, 5.41) is 2.17. The molecule has 0 atom stereocenters. The molecule has 3 aromatic rings. The number of piperidine rings is 1. The Bertz CT molecular complexity index is 1190. The van der Waals surface area contributed by atoms with Crippen molar-refractivity contribution in [1.29, 1.82) is 0 Å². The first-order chi connectivity index (χ1) is 16.2. The Kier molecular flexibility index (Phi) is 7.03. The molecule has 0 saturated carbocycles. The topological polar surface area (TPSA) is 75.6 Å². The monoisotopic (exact) mass is 480 g/mol. The third-order valence-electron chi connectivity index (χ3n) is 5.84. The van der Waals surface area contributed by atoms with E-state index in [0.717, 1.165) is 23.6 Å². The Labute approximate surface area is 204 Å². The van der Waals surface area contributed by atoms with Gasteiger partial charge in [-0.25, -0.2) is 14.8 Å². The molecule has 0 aliphatic carbocycles. The molecule has 1 fully saturated rings. The van der Waals surface area contributed by atoms with Crippen LogP contribution in [0.25, 0.3) is 10.8 Å². The molecular weight excluding hydrogens is 452 g/mol. The fraction of sp³-hybridized carbons (Fsp3) is 0.385. The van der Waals surface area contributed by atoms with Crippen LogP contribution in [0.4, 0.5) is 10.6 Å². The number of fused-ring (bicyclic) bond motifs is 1. The number of aromatic nitrogens is 2. The Morgan fingerprint density at radius 3 is 2.47 bits per heavy atom. The van der Waals surface area contributed by atoms with Gasteiger partial charge in [0.15, 0.2) is 0 Å². The van der Waals surface area contributed by atoms with E-state index in [0.29, 0.717) is 31.0 Å². The quantitative estimate of drug-likeness (QED) is 0.456. The molecule has 1 aromatic heterocycles. The maximum atomic E-state index is 13.6. The first-order valence-electron chi connectivity index (χ1n) is 11.5. The second kappa shape index (κ2) is 9.97. The number of likely N-dealkylation sites (tertiary alicyclic amines) is 1. The molecule has 0 spiro atoms. The van der Waals surface area contributed by atoms with Crippen LogP contribution >= 0.6 is 11.6 Å². The van der Waals surface area contributed by atoms with Gasteiger partial charge in [-0.3, -0.25) is 9.69 Å². The van der Waals surface area contributed by atoms with Gasteiger partial charge < -0.3 is 9.64 Å². The van der Waals surface area contributed by atoms with Gasteiger partial charge in [-0.1, -0.05) is 30.3 Å². The summed E-state index contributed by atoms with van der Waals surface area (Å²) in [6, 6.07) is 15.3. The second-order valence-corrected chi connectivity index (χ2v) is 9.91. The SMILES string of the molecule is CC(C)(C)OC(=O)N1CCC(CN(C(=O)c2ccc3ccccc3c2)c2ccnc(Cl)n2)CC1. The zero-order valence-electron chi connectivity index (χ0n) is 19.7. The smallest absolute Gasteiger partial charge is 0.410 e. The number of amides is 2. The van der Waals surface area contributed by atoms with E-state index in [1.165, 1.54) is 0 Å². The molecule has 8 heteroatoms. The number of halogens is 1. The maximum absolute atomic E-state index is 13.6. The minimum Gasteiger partial charge on any atom is -0.444 e. The van der Waals surface area contributed by atoms with Crippen molar-refractivity contribution in [2.75, 3.05) is 24.5 Å². The molecule has 4 rings (SSSR count). The van der Waals surface area contributed by atoms with Crippen molar-refractivity contribution < 1.29 is 14.3 Å². The van der Waals surface area contributed by atoms with Crippen molar-refractivity contribution in [3.8, 4) is 0 Å². The van der Waals surface area contributed by atoms with Gasteiger partial charge in [0, 0.05) is 31.4 Å². The lowest BCUT2D eigenvalue weighted by molar-refractivity contribution is 0.0185. The van der Waals surface area contributed by atoms with Crippen LogP contribution in [0, 0.1) is 5.92 Å². The molecule has 34 heavy (non-hydrogen) atoms. The zero-order chi connectivity index (χ0) is 24.3. The number of carbonyl (C=O) groups is 2. The van der Waals surface area contributed by atoms with Crippen molar-refractivity contribution in [1.82, 2.24) is 14.9 Å². The largest absolute Gasteiger partial charge is 0.444 e. The Hall–Kier alpha value is -3.19. The summed E-state index contributed by atoms with van der Waals surface area (Å²) < 4.78 is 5.50. The van der Waals surface area contributed by atoms with E-state index in [2.05, 4.69) is 9.97 Å². The summed E-state index contributed by atoms with van der Waals surface area (Å²) in [5.41, 5.74) is 0.0585. The van der Waals surface area contributed by atoms with Gasteiger partial charge in [-0.2, -0.15) is 0 Å². The van der Waals surface area contributed by atoms with Gasteiger partial charge in [0.05, 0.1) is 0 Å². The number of carbonyl (C=O) groups excluding carboxylic acids is 2. The average Bonchev–Trinajstić information content (AvgIpc) is 2.81. The van der Waals surface area contributed by atoms with Gasteiger partial charge in [0.1, 0.15) is 11.4 Å². The van der Waals surface area contributed by atoms with Gasteiger partial charge in [0.25, 0.3) is 5.91 Å². The van der Waals surface area contributed by atoms with Gasteiger partial charge in [0.2, 0.25) is 5.28 Å². The van der Waals surface area contributed by atoms with E-state index in [9.17, 15) is 9.59 Å². The van der Waals surface area contributed by atoms with Crippen LogP contribution in [0.3, 0.4) is 0 Å². The number of ether oxygens (including phenoxy) is 1. The van der Waals surface area contributed by atoms with Crippen LogP contribution in [0.5, 0.6) is 0 Å². The minimum atomic E-state index is -0.525. The lowest BCUT2D eigenvalue weighted by atomic mass is 9.96. The molecule has 2 aromatic carbocycles. The summed E-state index contributed by atoms with van der Waals surface area (Å²) >= 11 is 6.05. The molecule has 1 aliphatic heterocycles. The van der Waals surface area contributed by atoms with Gasteiger partial charge >= 0.3 is 6.09 Å². The normalized spacial score (nSPS) is 14.8. The molecule has 0 unspecified atom stereocenters. The Morgan fingerprint density at radius 1 is 1.09 bits per heavy atom. The first kappa shape index (κ1) is 24.0. The van der Waals surface area contributed by atoms with E-state index in [-0.39, 0.29) is 23.2 Å². The molecule has 2 amide bonds. The summed E-state index contributed by atoms with van der Waals surface area (Å²) in [6.07, 6.45) is 2.79. The molecule has 1 saturated heterocycles. The Balaban J connectivity index is 1.52. The fourth-order valence-electron chi connectivity index (χ4n) is 4.12. The van der Waals surface area contributed by atoms with E-state index >= 15 is 0 Å². The number of hydrogen-bond acceptors (Lipinski definition) is 5. The first-order valence-corrected chi connectivity index (χ1v) is 11.8. The van der Waals surface area contributed by atoms with Crippen molar-refractivity contribution in [2.24, 2.45) is 5.92 Å². The third-order valence-corrected chi connectivity index (χ3v) is 6.02. The molecule has 178 valence electrons. The predicted molar refractivity (Wildman–Crippen MR) is 133 cm³/mol. The van der Waals surface area contributed by atoms with Crippen molar-refractivity contribution in [2.45, 2.75) is 39.2 Å². The molecule has 0 bridgehead atoms. The fourth-order valence-corrected chi connectivity index (χ4v) is 4.26. The standard InChI is InChI=1S/C26H29ClN4O3/c1-26(2,3)34-25(33)30-14-11-18(12-15-30)17-31(22-10-13-28-24(27)29-22)23(32)21-9-8-19-6-4-5-7-20(19)16-21/h4-10,13,16,18H,11-12,14-15,17H2,1-3H3. The maximum Gasteiger partial charge on any atom is 0.410 e. The van der Waals surface area contributed by atoms with Crippen LogP contribution < -0.4 is 4.90 Å². The molecule has 0 N–H and O–H groups in total. The van der Waals surface area contributed by atoms with Crippen LogP contribution in [0.15, 0.2) is 54.7 Å². The molecule has 2 heterocycles. The van der Waals surface area contributed by atoms with E-state index in [1.54, 1.807) is 22.1 Å². The molecule has 1 aliphatic rings. The highest BCUT2D eigenvalue weighted by molar-refractivity contribution is 6.28. The highest BCUT2D eigenvalue weighted by Gasteiger charge is 2.30. The van der Waals surface area contributed by atoms with Crippen LogP contribution in [-0.2, 0) is 4.74 Å². The van der Waals surface area contributed by atoms with Crippen LogP contribution in [0.2, 0.25) is 5.28 Å². The second-order valence-electron chi connectivity index (χ2n) is 9.57. The number of rotatable bonds is 4. The number of hydrogen-bond donors (Lipinski definition) is 0. The lowest BCUT2D eigenvalue weighted by Crippen LogP contribution is -2.45. The van der Waals surface area contributed by atoms with Crippen molar-refractivity contribution in [3.63, 3.8) is 0 Å². The molecular formula is C26H29ClN4O3. The summed E-state index contributed by atoms with van der Waals surface area (Å²) in [7, 11) is 0. The third kappa shape index (κ3) is 5.83. The van der Waals surface area contributed by atoms with Crippen LogP contribution in [-0.4, -0.2) is 52.1 Å². The van der Waals surface area contributed by atoms with Gasteiger partial charge in [-0.15, -0.1) is 0 Å². The predicted octanol–water partition coefficient (Wildman–Crippen LogP) is 5.58. The van der Waals surface area contributed by atoms with Crippen molar-refractivity contribution >= 4 is 40.2 Å². The van der Waals surface area contributed by atoms with Crippen molar-refractivity contribution in [3.05, 3.63) is 65.6 Å². The number of nitrogens with zero attached hydrogens (tertiary/aromatic N) is 4. The highest BCUT2D eigenvalue weighted by Crippen LogP contribution is 2.25. The lowest BCUT2D eigenvalue weighted by Gasteiger charge is -2.35. The number of anilines is 1. The molecule has 7 nitrogen and oxygen atoms in total. The van der Waals surface area contributed by atoms with Crippen LogP contribution in [0.1, 0.15) is 44.0 Å². The summed E-state index contributed by atoms with van der Waals surface area (Å²) in [5.74, 6) is 0.527. The Morgan fingerprint density at radius 2 is 1.79 bits per heavy atom. The van der Waals surface area contributed by atoms with E-state index < -0.39 is 5.60 Å². The average molecular weight is 481 g/mol. The summed E-state index contributed by atoms with van der Waals surface area (Å²) in [4.78, 5) is 37.7. The minimum absolute atomic E-state index is 0.0913. The number of benzene rings is 2. The van der Waals surface area contributed by atoms with E-state index in [4.69, 9.17) is 16.3 Å².